The fraction of sp³-hybridized carbons (Fsp3) is 0.150. The van der Waals surface area contributed by atoms with Gasteiger partial charge >= 0.3 is 0 Å². The van der Waals surface area contributed by atoms with E-state index in [0.717, 1.165) is 5.56 Å². The quantitative estimate of drug-likeness (QED) is 0.532. The lowest BCUT2D eigenvalue weighted by atomic mass is 10.2. The van der Waals surface area contributed by atoms with E-state index in [1.165, 1.54) is 15.6 Å². The van der Waals surface area contributed by atoms with Gasteiger partial charge in [-0.25, -0.2) is 4.98 Å². The molecule has 0 atom stereocenters. The zero-order chi connectivity index (χ0) is 20.2. The first-order valence-electron chi connectivity index (χ1n) is 8.91. The molecule has 0 saturated heterocycles. The molecule has 0 unspecified atom stereocenters. The summed E-state index contributed by atoms with van der Waals surface area (Å²) in [5, 5.41) is 10.8. The van der Waals surface area contributed by atoms with Gasteiger partial charge in [-0.3, -0.25) is 14.2 Å². The first-order valence-corrected chi connectivity index (χ1v) is 8.91. The van der Waals surface area contributed by atoms with Crippen molar-refractivity contribution in [2.45, 2.75) is 13.1 Å². The normalized spacial score (nSPS) is 10.8. The van der Waals surface area contributed by atoms with Gasteiger partial charge in [0.2, 0.25) is 5.91 Å². The predicted octanol–water partition coefficient (Wildman–Crippen LogP) is 1.30. The molecule has 0 bridgehead atoms. The van der Waals surface area contributed by atoms with Gasteiger partial charge in [0.1, 0.15) is 18.6 Å². The van der Waals surface area contributed by atoms with Crippen LogP contribution < -0.4 is 15.6 Å². The third kappa shape index (κ3) is 3.84. The number of aromatic nitrogens is 5. The second-order valence-electron chi connectivity index (χ2n) is 6.31. The smallest absolute Gasteiger partial charge is 0.284 e. The minimum absolute atomic E-state index is 0.0891. The lowest BCUT2D eigenvalue weighted by molar-refractivity contribution is -0.121. The van der Waals surface area contributed by atoms with Gasteiger partial charge in [0, 0.05) is 12.6 Å². The second-order valence-corrected chi connectivity index (χ2v) is 6.31. The molecule has 2 heterocycles. The van der Waals surface area contributed by atoms with E-state index in [1.807, 2.05) is 30.3 Å². The minimum Gasteiger partial charge on any atom is -0.497 e. The molecule has 2 aromatic carbocycles. The van der Waals surface area contributed by atoms with Crippen molar-refractivity contribution in [3.63, 3.8) is 0 Å². The molecule has 1 amide bonds. The summed E-state index contributed by atoms with van der Waals surface area (Å²) < 4.78 is 7.89. The van der Waals surface area contributed by atoms with Crippen molar-refractivity contribution in [1.82, 2.24) is 29.9 Å². The van der Waals surface area contributed by atoms with E-state index >= 15 is 0 Å². The molecular weight excluding hydrogens is 372 g/mol. The highest BCUT2D eigenvalue weighted by Crippen LogP contribution is 2.17. The van der Waals surface area contributed by atoms with Gasteiger partial charge in [-0.1, -0.05) is 41.6 Å². The Morgan fingerprint density at radius 2 is 1.97 bits per heavy atom. The van der Waals surface area contributed by atoms with Crippen LogP contribution in [0.4, 0.5) is 0 Å². The van der Waals surface area contributed by atoms with Crippen LogP contribution in [0, 0.1) is 0 Å². The van der Waals surface area contributed by atoms with Crippen LogP contribution in [-0.4, -0.2) is 37.6 Å². The number of benzene rings is 2. The number of ether oxygens (including phenoxy) is 1. The van der Waals surface area contributed by atoms with Gasteiger partial charge in [-0.05, 0) is 17.7 Å². The van der Waals surface area contributed by atoms with Crippen LogP contribution >= 0.6 is 0 Å². The molecule has 4 aromatic rings. The zero-order valence-corrected chi connectivity index (χ0v) is 15.6. The molecule has 29 heavy (non-hydrogen) atoms. The molecule has 0 saturated carbocycles. The number of carbonyl (C=O) groups excluding carboxylic acids is 1. The maximum atomic E-state index is 12.7. The van der Waals surface area contributed by atoms with E-state index in [0.29, 0.717) is 23.6 Å². The molecule has 0 fully saturated rings. The molecule has 4 rings (SSSR count). The van der Waals surface area contributed by atoms with Crippen molar-refractivity contribution in [3.8, 4) is 11.4 Å². The number of hydrogen-bond donors (Lipinski definition) is 1. The van der Waals surface area contributed by atoms with E-state index in [2.05, 4.69) is 20.6 Å². The highest BCUT2D eigenvalue weighted by molar-refractivity contribution is 5.76. The molecular formula is C20H18N6O3. The van der Waals surface area contributed by atoms with Crippen molar-refractivity contribution >= 4 is 17.1 Å². The summed E-state index contributed by atoms with van der Waals surface area (Å²) in [5.41, 5.74) is 1.61. The number of hydrogen-bond acceptors (Lipinski definition) is 6. The monoisotopic (exact) mass is 390 g/mol. The zero-order valence-electron chi connectivity index (χ0n) is 15.6. The summed E-state index contributed by atoms with van der Waals surface area (Å²) in [5.74, 6) is 0.354. The van der Waals surface area contributed by atoms with Crippen molar-refractivity contribution in [2.24, 2.45) is 0 Å². The number of amides is 1. The van der Waals surface area contributed by atoms with Crippen LogP contribution in [0.1, 0.15) is 5.56 Å². The highest BCUT2D eigenvalue weighted by atomic mass is 16.5. The molecule has 0 radical (unpaired) electrons. The Morgan fingerprint density at radius 3 is 2.76 bits per heavy atom. The lowest BCUT2D eigenvalue weighted by Gasteiger charge is -2.07. The molecule has 0 aliphatic heterocycles. The van der Waals surface area contributed by atoms with Crippen LogP contribution in [0.3, 0.4) is 0 Å². The van der Waals surface area contributed by atoms with Crippen LogP contribution in [0.2, 0.25) is 0 Å². The Labute approximate surface area is 165 Å². The average molecular weight is 390 g/mol. The standard InChI is InChI=1S/C20H18N6O3/c1-29-16-9-5-8-15(10-16)26-19-18(23-24-26)20(28)25(13-22-19)12-17(27)21-11-14-6-3-2-4-7-14/h2-10,13H,11-12H2,1H3,(H,21,27). The van der Waals surface area contributed by atoms with Crippen LogP contribution in [0.5, 0.6) is 5.75 Å². The van der Waals surface area contributed by atoms with E-state index in [4.69, 9.17) is 4.74 Å². The molecule has 9 heteroatoms. The molecule has 0 aliphatic rings. The van der Waals surface area contributed by atoms with Crippen LogP contribution in [0.25, 0.3) is 16.9 Å². The summed E-state index contributed by atoms with van der Waals surface area (Å²) in [6, 6.07) is 16.7. The third-order valence-corrected chi connectivity index (χ3v) is 4.37. The summed E-state index contributed by atoms with van der Waals surface area (Å²) in [6.07, 6.45) is 1.33. The van der Waals surface area contributed by atoms with Crippen molar-refractivity contribution in [1.29, 1.82) is 0 Å². The fourth-order valence-electron chi connectivity index (χ4n) is 2.88. The van der Waals surface area contributed by atoms with Crippen molar-refractivity contribution in [3.05, 3.63) is 76.8 Å². The summed E-state index contributed by atoms with van der Waals surface area (Å²) >= 11 is 0. The van der Waals surface area contributed by atoms with Gasteiger partial charge in [-0.2, -0.15) is 4.68 Å². The third-order valence-electron chi connectivity index (χ3n) is 4.37. The minimum atomic E-state index is -0.431. The Bertz CT molecular complexity index is 1220. The molecule has 0 spiro atoms. The SMILES string of the molecule is COc1cccc(-n2nnc3c(=O)n(CC(=O)NCc4ccccc4)cnc32)c1. The van der Waals surface area contributed by atoms with E-state index < -0.39 is 5.56 Å². The number of rotatable bonds is 6. The molecule has 1 N–H and O–H groups in total. The Hall–Kier alpha value is -4.01. The highest BCUT2D eigenvalue weighted by Gasteiger charge is 2.15. The van der Waals surface area contributed by atoms with E-state index in [9.17, 15) is 9.59 Å². The first kappa shape index (κ1) is 18.4. The fourth-order valence-corrected chi connectivity index (χ4v) is 2.88. The Kier molecular flexibility index (Phi) is 5.02. The lowest BCUT2D eigenvalue weighted by Crippen LogP contribution is -2.32. The van der Waals surface area contributed by atoms with Crippen LogP contribution in [0.15, 0.2) is 65.7 Å². The number of nitrogens with one attached hydrogen (secondary N) is 1. The summed E-state index contributed by atoms with van der Waals surface area (Å²) in [4.78, 5) is 29.2. The van der Waals surface area contributed by atoms with Gasteiger partial charge in [-0.15, -0.1) is 5.10 Å². The van der Waals surface area contributed by atoms with E-state index in [-0.39, 0.29) is 18.0 Å². The van der Waals surface area contributed by atoms with E-state index in [1.54, 1.807) is 31.4 Å². The van der Waals surface area contributed by atoms with Crippen LogP contribution in [-0.2, 0) is 17.9 Å². The second kappa shape index (κ2) is 7.93. The van der Waals surface area contributed by atoms with Gasteiger partial charge in [0.05, 0.1) is 12.8 Å². The number of methoxy groups -OCH3 is 1. The maximum absolute atomic E-state index is 12.7. The number of fused-ring (bicyclic) bond motifs is 1. The summed E-state index contributed by atoms with van der Waals surface area (Å²) in [6.45, 7) is 0.233. The maximum Gasteiger partial charge on any atom is 0.284 e. The van der Waals surface area contributed by atoms with Crippen molar-refractivity contribution < 1.29 is 9.53 Å². The predicted molar refractivity (Wildman–Crippen MR) is 106 cm³/mol. The van der Waals surface area contributed by atoms with Gasteiger partial charge in [0.15, 0.2) is 11.2 Å². The topological polar surface area (TPSA) is 104 Å². The van der Waals surface area contributed by atoms with Gasteiger partial charge in [0.25, 0.3) is 5.56 Å². The Morgan fingerprint density at radius 1 is 1.14 bits per heavy atom. The average Bonchev–Trinajstić information content (AvgIpc) is 3.20. The number of nitrogens with zero attached hydrogens (tertiary/aromatic N) is 5. The molecule has 2 aromatic heterocycles. The van der Waals surface area contributed by atoms with Crippen molar-refractivity contribution in [2.75, 3.05) is 7.11 Å². The Balaban J connectivity index is 1.55. The van der Waals surface area contributed by atoms with Gasteiger partial charge < -0.3 is 10.1 Å². The molecule has 9 nitrogen and oxygen atoms in total. The summed E-state index contributed by atoms with van der Waals surface area (Å²) in [7, 11) is 1.57. The molecule has 146 valence electrons. The number of carbonyl (C=O) groups is 1. The largest absolute Gasteiger partial charge is 0.497 e. The first-order chi connectivity index (χ1) is 14.2. The molecule has 0 aliphatic carbocycles.